The van der Waals surface area contributed by atoms with Crippen molar-refractivity contribution in [1.82, 2.24) is 4.72 Å². The van der Waals surface area contributed by atoms with Gasteiger partial charge in [0.1, 0.15) is 10.6 Å². The summed E-state index contributed by atoms with van der Waals surface area (Å²) in [6.07, 6.45) is 1.93. The third-order valence-electron chi connectivity index (χ3n) is 5.71. The second-order valence-corrected chi connectivity index (χ2v) is 14.1. The lowest BCUT2D eigenvalue weighted by Crippen LogP contribution is -2.40. The molecule has 1 aliphatic rings. The van der Waals surface area contributed by atoms with Crippen LogP contribution in [0.4, 0.5) is 5.69 Å². The Bertz CT molecular complexity index is 1290. The maximum absolute atomic E-state index is 13.0. The van der Waals surface area contributed by atoms with Crippen molar-refractivity contribution in [3.8, 4) is 5.75 Å². The number of hydrogen-bond donors (Lipinski definition) is 3. The van der Waals surface area contributed by atoms with Crippen LogP contribution in [-0.2, 0) is 37.8 Å². The van der Waals surface area contributed by atoms with E-state index in [1.54, 1.807) is 39.0 Å². The van der Waals surface area contributed by atoms with Crippen molar-refractivity contribution >= 4 is 37.3 Å². The highest BCUT2D eigenvalue weighted by Gasteiger charge is 2.27. The number of halogens is 1. The molecule has 0 spiro atoms. The predicted octanol–water partition coefficient (Wildman–Crippen LogP) is 3.70. The number of nitrogens with one attached hydrogen (secondary N) is 2. The molecule has 37 heavy (non-hydrogen) atoms. The Morgan fingerprint density at radius 3 is 2.43 bits per heavy atom. The molecule has 1 fully saturated rings. The largest absolute Gasteiger partial charge is 0.493 e. The molecular formula is C25H35ClN2O7S2. The highest BCUT2D eigenvalue weighted by molar-refractivity contribution is 7.93. The Kier molecular flexibility index (Phi) is 9.87. The summed E-state index contributed by atoms with van der Waals surface area (Å²) in [5.41, 5.74) is 0.130. The maximum Gasteiger partial charge on any atom is 0.243 e. The minimum absolute atomic E-state index is 0.0963. The summed E-state index contributed by atoms with van der Waals surface area (Å²) in [5.74, 6) is 0.574. The van der Waals surface area contributed by atoms with E-state index >= 15 is 0 Å². The number of ether oxygens (including phenoxy) is 2. The van der Waals surface area contributed by atoms with E-state index in [2.05, 4.69) is 9.44 Å². The molecule has 1 aliphatic heterocycles. The van der Waals surface area contributed by atoms with Gasteiger partial charge in [0.15, 0.2) is 0 Å². The van der Waals surface area contributed by atoms with E-state index in [0.29, 0.717) is 47.6 Å². The molecule has 0 aliphatic carbocycles. The van der Waals surface area contributed by atoms with Gasteiger partial charge in [0.25, 0.3) is 0 Å². The van der Waals surface area contributed by atoms with Gasteiger partial charge in [0, 0.05) is 23.8 Å². The Morgan fingerprint density at radius 2 is 1.78 bits per heavy atom. The van der Waals surface area contributed by atoms with E-state index in [9.17, 15) is 21.9 Å². The molecule has 1 saturated heterocycles. The smallest absolute Gasteiger partial charge is 0.243 e. The number of aryl methyl sites for hydroxylation is 1. The lowest BCUT2D eigenvalue weighted by molar-refractivity contribution is 0.0496. The third-order valence-corrected chi connectivity index (χ3v) is 9.01. The Labute approximate surface area is 224 Å². The molecule has 3 rings (SSSR count). The molecule has 206 valence electrons. The van der Waals surface area contributed by atoms with Crippen LogP contribution < -0.4 is 14.2 Å². The summed E-state index contributed by atoms with van der Waals surface area (Å²) in [4.78, 5) is -0.260. The minimum atomic E-state index is -4.08. The fourth-order valence-corrected chi connectivity index (χ4v) is 6.84. The van der Waals surface area contributed by atoms with E-state index in [4.69, 9.17) is 21.1 Å². The number of rotatable bonds is 11. The van der Waals surface area contributed by atoms with E-state index in [0.717, 1.165) is 12.8 Å². The molecule has 0 saturated carbocycles. The van der Waals surface area contributed by atoms with Crippen LogP contribution in [0.15, 0.2) is 41.3 Å². The summed E-state index contributed by atoms with van der Waals surface area (Å²) in [5, 5.41) is 9.97. The highest BCUT2D eigenvalue weighted by Crippen LogP contribution is 2.28. The van der Waals surface area contributed by atoms with Crippen molar-refractivity contribution < 1.29 is 31.4 Å². The van der Waals surface area contributed by atoms with E-state index in [1.165, 1.54) is 18.2 Å². The van der Waals surface area contributed by atoms with Gasteiger partial charge < -0.3 is 14.6 Å². The molecule has 0 aromatic heterocycles. The summed E-state index contributed by atoms with van der Waals surface area (Å²) in [7, 11) is -8.03. The van der Waals surface area contributed by atoms with Crippen molar-refractivity contribution in [1.29, 1.82) is 0 Å². The normalized spacial score (nSPS) is 15.5. The van der Waals surface area contributed by atoms with Gasteiger partial charge in [-0.1, -0.05) is 23.7 Å². The molecule has 12 heteroatoms. The number of sulfonamides is 2. The van der Waals surface area contributed by atoms with Gasteiger partial charge in [-0.25, -0.2) is 21.6 Å². The minimum Gasteiger partial charge on any atom is -0.493 e. The lowest BCUT2D eigenvalue weighted by atomic mass is 10.0. The fourth-order valence-electron chi connectivity index (χ4n) is 3.88. The van der Waals surface area contributed by atoms with Gasteiger partial charge in [-0.2, -0.15) is 0 Å². The van der Waals surface area contributed by atoms with Crippen molar-refractivity contribution in [3.63, 3.8) is 0 Å². The van der Waals surface area contributed by atoms with Gasteiger partial charge in [-0.05, 0) is 81.3 Å². The molecule has 0 radical (unpaired) electrons. The lowest BCUT2D eigenvalue weighted by Gasteiger charge is -2.23. The van der Waals surface area contributed by atoms with Crippen molar-refractivity contribution in [2.45, 2.75) is 57.1 Å². The van der Waals surface area contributed by atoms with Gasteiger partial charge in [-0.3, -0.25) is 4.72 Å². The number of hydrogen-bond acceptors (Lipinski definition) is 7. The first-order valence-corrected chi connectivity index (χ1v) is 15.6. The van der Waals surface area contributed by atoms with Crippen molar-refractivity contribution in [3.05, 3.63) is 52.5 Å². The van der Waals surface area contributed by atoms with Crippen LogP contribution in [0.1, 0.15) is 44.7 Å². The first-order valence-electron chi connectivity index (χ1n) is 12.1. The zero-order valence-electron chi connectivity index (χ0n) is 21.3. The summed E-state index contributed by atoms with van der Waals surface area (Å²) >= 11 is 6.16. The fraction of sp³-hybridized carbons (Fsp3) is 0.520. The Morgan fingerprint density at radius 1 is 1.08 bits per heavy atom. The van der Waals surface area contributed by atoms with Crippen LogP contribution in [0.25, 0.3) is 0 Å². The number of benzene rings is 2. The van der Waals surface area contributed by atoms with Gasteiger partial charge >= 0.3 is 0 Å². The molecule has 9 nitrogen and oxygen atoms in total. The van der Waals surface area contributed by atoms with Crippen LogP contribution in [0, 0.1) is 5.92 Å². The molecule has 0 bridgehead atoms. The molecule has 0 unspecified atom stereocenters. The van der Waals surface area contributed by atoms with Crippen molar-refractivity contribution in [2.75, 3.05) is 30.3 Å². The number of aliphatic hydroxyl groups is 1. The standard InChI is InChI=1S/C25H35ClN2O7S2/c1-25(2,3)28-37(32,33)24-14-19(16-29)4-7-22(24)27-36(30,31)13-10-20-5-6-21(26)15-23(20)35-17-18-8-11-34-12-9-18/h4-7,14-15,18,27-29H,8-13,16-17H2,1-3H3. The quantitative estimate of drug-likeness (QED) is 0.373. The van der Waals surface area contributed by atoms with Gasteiger partial charge in [0.2, 0.25) is 20.0 Å². The summed E-state index contributed by atoms with van der Waals surface area (Å²) in [6, 6.07) is 9.14. The third kappa shape index (κ3) is 9.12. The maximum atomic E-state index is 13.0. The second-order valence-electron chi connectivity index (χ2n) is 10.1. The Balaban J connectivity index is 1.77. The van der Waals surface area contributed by atoms with Crippen molar-refractivity contribution in [2.24, 2.45) is 5.92 Å². The van der Waals surface area contributed by atoms with Crippen LogP contribution in [0.2, 0.25) is 5.02 Å². The number of anilines is 1. The van der Waals surface area contributed by atoms with Crippen LogP contribution in [0.5, 0.6) is 5.75 Å². The Hall–Kier alpha value is -1.89. The molecule has 0 atom stereocenters. The molecule has 0 amide bonds. The van der Waals surface area contributed by atoms with Crippen LogP contribution in [-0.4, -0.2) is 53.1 Å². The molecule has 2 aromatic rings. The van der Waals surface area contributed by atoms with Crippen LogP contribution >= 0.6 is 11.6 Å². The molecule has 1 heterocycles. The molecular weight excluding hydrogens is 540 g/mol. The van der Waals surface area contributed by atoms with Gasteiger partial charge in [0.05, 0.1) is 24.7 Å². The highest BCUT2D eigenvalue weighted by atomic mass is 35.5. The number of aliphatic hydroxyl groups excluding tert-OH is 1. The van der Waals surface area contributed by atoms with E-state index in [-0.39, 0.29) is 22.8 Å². The summed E-state index contributed by atoms with van der Waals surface area (Å²) in [6.45, 7) is 6.53. The topological polar surface area (TPSA) is 131 Å². The van der Waals surface area contributed by atoms with Gasteiger partial charge in [-0.15, -0.1) is 0 Å². The zero-order valence-corrected chi connectivity index (χ0v) is 23.7. The molecule has 3 N–H and O–H groups in total. The van der Waals surface area contributed by atoms with Crippen LogP contribution in [0.3, 0.4) is 0 Å². The SMILES string of the molecule is CC(C)(C)NS(=O)(=O)c1cc(CO)ccc1NS(=O)(=O)CCc1ccc(Cl)cc1OCC1CCOCC1. The van der Waals surface area contributed by atoms with E-state index in [1.807, 2.05) is 0 Å². The average molecular weight is 575 g/mol. The monoisotopic (exact) mass is 574 g/mol. The molecule has 2 aromatic carbocycles. The average Bonchev–Trinajstić information content (AvgIpc) is 2.81. The summed E-state index contributed by atoms with van der Waals surface area (Å²) < 4.78 is 68.4. The predicted molar refractivity (Wildman–Crippen MR) is 144 cm³/mol. The zero-order chi connectivity index (χ0) is 27.3. The second kappa shape index (κ2) is 12.3. The first kappa shape index (κ1) is 29.7. The van der Waals surface area contributed by atoms with E-state index < -0.39 is 32.2 Å². The first-order chi connectivity index (χ1) is 17.3.